The van der Waals surface area contributed by atoms with Crippen molar-refractivity contribution in [2.24, 2.45) is 0 Å². The Bertz CT molecular complexity index is 261. The minimum Gasteiger partial charge on any atom is -0.0882 e. The van der Waals surface area contributed by atoms with E-state index in [1.165, 1.54) is 51.4 Å². The van der Waals surface area contributed by atoms with E-state index in [1.807, 2.05) is 0 Å². The fourth-order valence-corrected chi connectivity index (χ4v) is 2.07. The third kappa shape index (κ3) is 19.0. The fraction of sp³-hybridized carbons (Fsp3) is 0.619. The number of hydrogen-bond donors (Lipinski definition) is 0. The molecule has 0 rings (SSSR count). The summed E-state index contributed by atoms with van der Waals surface area (Å²) in [7, 11) is 0. The molecule has 0 bridgehead atoms. The van der Waals surface area contributed by atoms with Gasteiger partial charge >= 0.3 is 0 Å². The molecule has 0 saturated carbocycles. The van der Waals surface area contributed by atoms with Crippen molar-refractivity contribution in [3.05, 3.63) is 48.6 Å². The Morgan fingerprint density at radius 2 is 0.762 bits per heavy atom. The standard InChI is InChI=1S/C21H36/c1-3-5-7-9-11-13-15-17-19-21-20-18-16-14-12-10-8-6-4-2/h11-14,17-20H,3-10,15-16,21H2,1-2H3. The van der Waals surface area contributed by atoms with Crippen LogP contribution in [0, 0.1) is 0 Å². The maximum atomic E-state index is 2.32. The van der Waals surface area contributed by atoms with Crippen LogP contribution < -0.4 is 0 Å². The molecule has 0 aromatic heterocycles. The number of rotatable bonds is 14. The minimum atomic E-state index is 1.06. The summed E-state index contributed by atoms with van der Waals surface area (Å²) < 4.78 is 0. The van der Waals surface area contributed by atoms with Crippen molar-refractivity contribution in [2.75, 3.05) is 0 Å². The molecule has 0 fully saturated rings. The van der Waals surface area contributed by atoms with Crippen LogP contribution in [0.4, 0.5) is 0 Å². The van der Waals surface area contributed by atoms with E-state index in [4.69, 9.17) is 0 Å². The third-order valence-electron chi connectivity index (χ3n) is 3.43. The maximum absolute atomic E-state index is 2.32. The molecule has 21 heavy (non-hydrogen) atoms. The molecule has 0 radical (unpaired) electrons. The van der Waals surface area contributed by atoms with Crippen LogP contribution in [-0.2, 0) is 0 Å². The molecule has 120 valence electrons. The number of unbranched alkanes of at least 4 members (excludes halogenated alkanes) is 6. The van der Waals surface area contributed by atoms with Gasteiger partial charge in [0.05, 0.1) is 0 Å². The molecule has 0 aliphatic rings. The molecule has 0 atom stereocenters. The molecule has 0 unspecified atom stereocenters. The topological polar surface area (TPSA) is 0 Å². The van der Waals surface area contributed by atoms with Gasteiger partial charge in [-0.25, -0.2) is 0 Å². The molecule has 0 aromatic carbocycles. The Balaban J connectivity index is 3.35. The number of hydrogen-bond acceptors (Lipinski definition) is 0. The van der Waals surface area contributed by atoms with Crippen LogP contribution in [0.5, 0.6) is 0 Å². The molecule has 0 aliphatic heterocycles. The Labute approximate surface area is 133 Å². The van der Waals surface area contributed by atoms with Gasteiger partial charge in [-0.3, -0.25) is 0 Å². The van der Waals surface area contributed by atoms with Gasteiger partial charge in [0.25, 0.3) is 0 Å². The van der Waals surface area contributed by atoms with E-state index in [2.05, 4.69) is 62.5 Å². The van der Waals surface area contributed by atoms with Gasteiger partial charge in [0.2, 0.25) is 0 Å². The summed E-state index contributed by atoms with van der Waals surface area (Å²) >= 11 is 0. The first-order valence-electron chi connectivity index (χ1n) is 9.01. The second kappa shape index (κ2) is 19.0. The van der Waals surface area contributed by atoms with E-state index in [9.17, 15) is 0 Å². The van der Waals surface area contributed by atoms with Crippen molar-refractivity contribution in [3.8, 4) is 0 Å². The highest BCUT2D eigenvalue weighted by Crippen LogP contribution is 2.02. The van der Waals surface area contributed by atoms with Crippen LogP contribution in [0.25, 0.3) is 0 Å². The highest BCUT2D eigenvalue weighted by Gasteiger charge is 1.81. The predicted octanol–water partition coefficient (Wildman–Crippen LogP) is 7.54. The van der Waals surface area contributed by atoms with Crippen molar-refractivity contribution in [1.29, 1.82) is 0 Å². The van der Waals surface area contributed by atoms with E-state index in [1.54, 1.807) is 0 Å². The molecule has 0 heterocycles. The van der Waals surface area contributed by atoms with E-state index < -0.39 is 0 Å². The van der Waals surface area contributed by atoms with E-state index in [0.717, 1.165) is 19.3 Å². The number of allylic oxidation sites excluding steroid dienone is 8. The first kappa shape index (κ1) is 20.0. The molecular formula is C21H36. The molecule has 0 N–H and O–H groups in total. The second-order valence-electron chi connectivity index (χ2n) is 5.58. The van der Waals surface area contributed by atoms with Crippen molar-refractivity contribution in [2.45, 2.75) is 84.5 Å². The average Bonchev–Trinajstić information content (AvgIpc) is 2.50. The van der Waals surface area contributed by atoms with Gasteiger partial charge in [0.15, 0.2) is 0 Å². The lowest BCUT2D eigenvalue weighted by Gasteiger charge is -1.91. The van der Waals surface area contributed by atoms with Gasteiger partial charge in [-0.1, -0.05) is 88.1 Å². The van der Waals surface area contributed by atoms with E-state index in [-0.39, 0.29) is 0 Å². The fourth-order valence-electron chi connectivity index (χ4n) is 2.07. The zero-order valence-electron chi connectivity index (χ0n) is 14.4. The van der Waals surface area contributed by atoms with Crippen LogP contribution in [-0.4, -0.2) is 0 Å². The van der Waals surface area contributed by atoms with Gasteiger partial charge in [0, 0.05) is 0 Å². The summed E-state index contributed by atoms with van der Waals surface area (Å²) in [6.45, 7) is 4.50. The van der Waals surface area contributed by atoms with Crippen molar-refractivity contribution in [3.63, 3.8) is 0 Å². The Morgan fingerprint density at radius 3 is 1.10 bits per heavy atom. The second-order valence-corrected chi connectivity index (χ2v) is 5.58. The van der Waals surface area contributed by atoms with E-state index >= 15 is 0 Å². The SMILES string of the molecule is CCCCCC=CCC=CCC=CCC=CCCCCC. The first-order valence-corrected chi connectivity index (χ1v) is 9.01. The van der Waals surface area contributed by atoms with Crippen molar-refractivity contribution >= 4 is 0 Å². The monoisotopic (exact) mass is 288 g/mol. The Morgan fingerprint density at radius 1 is 0.429 bits per heavy atom. The first-order chi connectivity index (χ1) is 10.4. The summed E-state index contributed by atoms with van der Waals surface area (Å²) in [6.07, 6.45) is 32.0. The van der Waals surface area contributed by atoms with Gasteiger partial charge in [0.1, 0.15) is 0 Å². The molecule has 0 amide bonds. The molecule has 0 aliphatic carbocycles. The summed E-state index contributed by atoms with van der Waals surface area (Å²) in [4.78, 5) is 0. The van der Waals surface area contributed by atoms with Crippen LogP contribution in [0.1, 0.15) is 84.5 Å². The van der Waals surface area contributed by atoms with Crippen LogP contribution in [0.15, 0.2) is 48.6 Å². The van der Waals surface area contributed by atoms with E-state index in [0.29, 0.717) is 0 Å². The highest BCUT2D eigenvalue weighted by atomic mass is 13.9. The summed E-state index contributed by atoms with van der Waals surface area (Å²) in [5, 5.41) is 0. The Hall–Kier alpha value is -1.04. The van der Waals surface area contributed by atoms with Gasteiger partial charge in [-0.05, 0) is 44.9 Å². The zero-order chi connectivity index (χ0) is 15.4. The molecular weight excluding hydrogens is 252 g/mol. The normalized spacial score (nSPS) is 12.7. The Kier molecular flexibility index (Phi) is 18.0. The molecule has 0 spiro atoms. The maximum Gasteiger partial charge on any atom is -0.0169 e. The lowest BCUT2D eigenvalue weighted by Crippen LogP contribution is -1.70. The minimum absolute atomic E-state index is 1.06. The largest absolute Gasteiger partial charge is 0.0882 e. The van der Waals surface area contributed by atoms with Gasteiger partial charge in [-0.15, -0.1) is 0 Å². The molecule has 0 saturated heterocycles. The molecule has 0 heteroatoms. The molecule has 0 nitrogen and oxygen atoms in total. The summed E-state index contributed by atoms with van der Waals surface area (Å²) in [5.41, 5.74) is 0. The zero-order valence-corrected chi connectivity index (χ0v) is 14.4. The van der Waals surface area contributed by atoms with Crippen molar-refractivity contribution < 1.29 is 0 Å². The molecule has 0 aromatic rings. The van der Waals surface area contributed by atoms with Crippen LogP contribution >= 0.6 is 0 Å². The van der Waals surface area contributed by atoms with Crippen molar-refractivity contribution in [1.82, 2.24) is 0 Å². The van der Waals surface area contributed by atoms with Gasteiger partial charge in [-0.2, -0.15) is 0 Å². The van der Waals surface area contributed by atoms with Crippen LogP contribution in [0.2, 0.25) is 0 Å². The lowest BCUT2D eigenvalue weighted by atomic mass is 10.2. The smallest absolute Gasteiger partial charge is 0.0169 e. The van der Waals surface area contributed by atoms with Gasteiger partial charge < -0.3 is 0 Å². The van der Waals surface area contributed by atoms with Crippen LogP contribution in [0.3, 0.4) is 0 Å². The predicted molar refractivity (Wildman–Crippen MR) is 98.7 cm³/mol. The summed E-state index contributed by atoms with van der Waals surface area (Å²) in [5.74, 6) is 0. The quantitative estimate of drug-likeness (QED) is 0.229. The third-order valence-corrected chi connectivity index (χ3v) is 3.43. The average molecular weight is 289 g/mol. The highest BCUT2D eigenvalue weighted by molar-refractivity contribution is 4.99. The summed E-state index contributed by atoms with van der Waals surface area (Å²) in [6, 6.07) is 0. The lowest BCUT2D eigenvalue weighted by molar-refractivity contribution is 0.728.